The first-order valence-electron chi connectivity index (χ1n) is 4.34. The number of rotatable bonds is 3. The van der Waals surface area contributed by atoms with E-state index in [4.69, 9.17) is 4.84 Å². The average Bonchev–Trinajstić information content (AvgIpc) is 2.47. The van der Waals surface area contributed by atoms with E-state index in [1.165, 1.54) is 0 Å². The van der Waals surface area contributed by atoms with Gasteiger partial charge in [-0.1, -0.05) is 0 Å². The third kappa shape index (κ3) is 3.02. The number of hydrogen-bond acceptors (Lipinski definition) is 3. The molecule has 2 amide bonds. The molecular weight excluding hydrogens is 172 g/mol. The molecule has 1 atom stereocenters. The van der Waals surface area contributed by atoms with Crippen LogP contribution in [0.15, 0.2) is 0 Å². The quantitative estimate of drug-likeness (QED) is 0.596. The third-order valence-electron chi connectivity index (χ3n) is 1.71. The zero-order valence-electron chi connectivity index (χ0n) is 7.79. The lowest BCUT2D eigenvalue weighted by atomic mass is 10.2. The molecule has 0 aromatic rings. The smallest absolute Gasteiger partial charge is 0.266 e. The largest absolute Gasteiger partial charge is 0.344 e. The first kappa shape index (κ1) is 9.98. The maximum atomic E-state index is 11.2. The fourth-order valence-corrected chi connectivity index (χ4v) is 1.06. The van der Waals surface area contributed by atoms with E-state index in [-0.39, 0.29) is 17.9 Å². The van der Waals surface area contributed by atoms with Gasteiger partial charge >= 0.3 is 0 Å². The minimum atomic E-state index is -0.425. The van der Waals surface area contributed by atoms with Crippen LogP contribution in [0.5, 0.6) is 0 Å². The number of amides is 2. The molecule has 5 heteroatoms. The predicted octanol–water partition coefficient (Wildman–Crippen LogP) is -0.279. The maximum absolute atomic E-state index is 11.2. The van der Waals surface area contributed by atoms with Gasteiger partial charge in [0.25, 0.3) is 5.91 Å². The van der Waals surface area contributed by atoms with Gasteiger partial charge in [-0.25, -0.2) is 5.48 Å². The molecule has 1 aliphatic rings. The van der Waals surface area contributed by atoms with Crippen LogP contribution in [0, 0.1) is 0 Å². The summed E-state index contributed by atoms with van der Waals surface area (Å²) in [4.78, 5) is 26.9. The van der Waals surface area contributed by atoms with Crippen molar-refractivity contribution in [1.29, 1.82) is 0 Å². The van der Waals surface area contributed by atoms with E-state index in [0.717, 1.165) is 0 Å². The van der Waals surface area contributed by atoms with Crippen LogP contribution in [0.2, 0.25) is 0 Å². The molecule has 0 aromatic heterocycles. The molecule has 0 saturated carbocycles. The summed E-state index contributed by atoms with van der Waals surface area (Å²) in [5.41, 5.74) is 2.29. The van der Waals surface area contributed by atoms with Crippen LogP contribution >= 0.6 is 0 Å². The van der Waals surface area contributed by atoms with E-state index < -0.39 is 6.04 Å². The molecular formula is C8H14N2O3. The minimum absolute atomic E-state index is 0.0546. The summed E-state index contributed by atoms with van der Waals surface area (Å²) in [5.74, 6) is -0.357. The molecule has 1 fully saturated rings. The maximum Gasteiger partial charge on any atom is 0.266 e. The normalized spacial score (nSPS) is 21.8. The summed E-state index contributed by atoms with van der Waals surface area (Å²) in [5, 5.41) is 2.55. The van der Waals surface area contributed by atoms with Crippen molar-refractivity contribution in [1.82, 2.24) is 10.8 Å². The lowest BCUT2D eigenvalue weighted by Gasteiger charge is -2.12. The van der Waals surface area contributed by atoms with Gasteiger partial charge in [0, 0.05) is 6.42 Å². The van der Waals surface area contributed by atoms with Gasteiger partial charge in [0.2, 0.25) is 5.91 Å². The second-order valence-corrected chi connectivity index (χ2v) is 3.29. The molecule has 0 unspecified atom stereocenters. The first-order valence-corrected chi connectivity index (χ1v) is 4.34. The summed E-state index contributed by atoms with van der Waals surface area (Å²) in [6.45, 7) is 3.63. The number of carbonyl (C=O) groups excluding carboxylic acids is 2. The molecule has 1 aliphatic heterocycles. The highest BCUT2D eigenvalue weighted by Gasteiger charge is 2.27. The van der Waals surface area contributed by atoms with Gasteiger partial charge in [-0.2, -0.15) is 0 Å². The molecule has 2 N–H and O–H groups in total. The van der Waals surface area contributed by atoms with Gasteiger partial charge in [-0.3, -0.25) is 14.4 Å². The summed E-state index contributed by atoms with van der Waals surface area (Å²) in [6.07, 6.45) is 0.910. The topological polar surface area (TPSA) is 67.4 Å². The minimum Gasteiger partial charge on any atom is -0.344 e. The van der Waals surface area contributed by atoms with Crippen molar-refractivity contribution >= 4 is 11.8 Å². The number of hydroxylamine groups is 1. The van der Waals surface area contributed by atoms with Gasteiger partial charge in [0.1, 0.15) is 6.04 Å². The van der Waals surface area contributed by atoms with Crippen molar-refractivity contribution < 1.29 is 14.4 Å². The Labute approximate surface area is 76.8 Å². The molecule has 13 heavy (non-hydrogen) atoms. The van der Waals surface area contributed by atoms with Gasteiger partial charge in [-0.15, -0.1) is 0 Å². The summed E-state index contributed by atoms with van der Waals surface area (Å²) in [6, 6.07) is -0.425. The highest BCUT2D eigenvalue weighted by atomic mass is 16.7. The van der Waals surface area contributed by atoms with Crippen molar-refractivity contribution in [2.45, 2.75) is 38.8 Å². The Morgan fingerprint density at radius 3 is 2.85 bits per heavy atom. The lowest BCUT2D eigenvalue weighted by molar-refractivity contribution is -0.139. The zero-order valence-corrected chi connectivity index (χ0v) is 7.79. The molecule has 0 radical (unpaired) electrons. The van der Waals surface area contributed by atoms with Gasteiger partial charge in [0.15, 0.2) is 0 Å². The van der Waals surface area contributed by atoms with E-state index in [1.807, 2.05) is 13.8 Å². The highest BCUT2D eigenvalue weighted by Crippen LogP contribution is 2.06. The van der Waals surface area contributed by atoms with Crippen LogP contribution in [0.4, 0.5) is 0 Å². The fourth-order valence-electron chi connectivity index (χ4n) is 1.06. The Balaban J connectivity index is 2.27. The second-order valence-electron chi connectivity index (χ2n) is 3.29. The van der Waals surface area contributed by atoms with Crippen LogP contribution in [-0.4, -0.2) is 24.0 Å². The Morgan fingerprint density at radius 2 is 2.38 bits per heavy atom. The van der Waals surface area contributed by atoms with Crippen LogP contribution in [0.1, 0.15) is 26.7 Å². The van der Waals surface area contributed by atoms with Crippen molar-refractivity contribution in [3.63, 3.8) is 0 Å². The Hall–Kier alpha value is -1.10. The van der Waals surface area contributed by atoms with Crippen LogP contribution in [0.25, 0.3) is 0 Å². The first-order chi connectivity index (χ1) is 6.09. The molecule has 0 bridgehead atoms. The zero-order chi connectivity index (χ0) is 9.84. The number of hydrogen-bond donors (Lipinski definition) is 2. The summed E-state index contributed by atoms with van der Waals surface area (Å²) < 4.78 is 0. The molecule has 0 aliphatic carbocycles. The monoisotopic (exact) mass is 186 g/mol. The molecule has 1 saturated heterocycles. The summed E-state index contributed by atoms with van der Waals surface area (Å²) >= 11 is 0. The van der Waals surface area contributed by atoms with Gasteiger partial charge < -0.3 is 5.32 Å². The average molecular weight is 186 g/mol. The summed E-state index contributed by atoms with van der Waals surface area (Å²) in [7, 11) is 0. The SMILES string of the molecule is CC(C)ONC(=O)[C@@H]1CCC(=O)N1. The molecule has 1 rings (SSSR count). The van der Waals surface area contributed by atoms with Crippen LogP contribution < -0.4 is 10.8 Å². The molecule has 74 valence electrons. The Morgan fingerprint density at radius 1 is 1.69 bits per heavy atom. The van der Waals surface area contributed by atoms with Crippen molar-refractivity contribution in [2.24, 2.45) is 0 Å². The number of nitrogens with one attached hydrogen (secondary N) is 2. The van der Waals surface area contributed by atoms with Gasteiger partial charge in [-0.05, 0) is 20.3 Å². The Kier molecular flexibility index (Phi) is 3.25. The van der Waals surface area contributed by atoms with E-state index in [1.54, 1.807) is 0 Å². The van der Waals surface area contributed by atoms with E-state index in [2.05, 4.69) is 10.8 Å². The van der Waals surface area contributed by atoms with E-state index in [0.29, 0.717) is 12.8 Å². The Bertz CT molecular complexity index is 215. The molecule has 1 heterocycles. The number of carbonyl (C=O) groups is 2. The van der Waals surface area contributed by atoms with Crippen molar-refractivity contribution in [3.8, 4) is 0 Å². The second kappa shape index (κ2) is 4.23. The van der Waals surface area contributed by atoms with Crippen LogP contribution in [-0.2, 0) is 14.4 Å². The third-order valence-corrected chi connectivity index (χ3v) is 1.71. The highest BCUT2D eigenvalue weighted by molar-refractivity contribution is 5.90. The van der Waals surface area contributed by atoms with E-state index in [9.17, 15) is 9.59 Å². The molecule has 0 spiro atoms. The van der Waals surface area contributed by atoms with E-state index >= 15 is 0 Å². The lowest BCUT2D eigenvalue weighted by Crippen LogP contribution is -2.42. The van der Waals surface area contributed by atoms with Crippen molar-refractivity contribution in [2.75, 3.05) is 0 Å². The molecule has 0 aromatic carbocycles. The van der Waals surface area contributed by atoms with Crippen molar-refractivity contribution in [3.05, 3.63) is 0 Å². The van der Waals surface area contributed by atoms with Crippen LogP contribution in [0.3, 0.4) is 0 Å². The van der Waals surface area contributed by atoms with Gasteiger partial charge in [0.05, 0.1) is 6.10 Å². The predicted molar refractivity (Wildman–Crippen MR) is 45.5 cm³/mol. The fraction of sp³-hybridized carbons (Fsp3) is 0.750. The standard InChI is InChI=1S/C8H14N2O3/c1-5(2)13-10-8(12)6-3-4-7(11)9-6/h5-6H,3-4H2,1-2H3,(H,9,11)(H,10,12)/t6-/m0/s1. The molecule has 5 nitrogen and oxygen atoms in total.